The molecule has 0 atom stereocenters. The molecule has 1 heterocycles. The smallest absolute Gasteiger partial charge is 0.317 e. The minimum atomic E-state index is 0.0330. The second-order valence-corrected chi connectivity index (χ2v) is 5.42. The van der Waals surface area contributed by atoms with Gasteiger partial charge in [-0.3, -0.25) is 0 Å². The van der Waals surface area contributed by atoms with Crippen LogP contribution in [0.3, 0.4) is 0 Å². The number of amides is 2. The Morgan fingerprint density at radius 3 is 2.26 bits per heavy atom. The van der Waals surface area contributed by atoms with E-state index in [0.29, 0.717) is 6.04 Å². The quantitative estimate of drug-likeness (QED) is 0.853. The van der Waals surface area contributed by atoms with E-state index < -0.39 is 0 Å². The highest BCUT2D eigenvalue weighted by Gasteiger charge is 2.24. The first-order valence-corrected chi connectivity index (χ1v) is 7.71. The molecule has 1 fully saturated rings. The number of carbonyl (C=O) groups excluding carboxylic acids is 1. The maximum absolute atomic E-state index is 11.5. The monoisotopic (exact) mass is 271 g/mol. The van der Waals surface area contributed by atoms with Crippen molar-refractivity contribution in [2.75, 3.05) is 33.7 Å². The Labute approximate surface area is 119 Å². The standard InChI is InChI=1S/C13H27N3O.C2H6/c1-11(2)5-8-16-9-6-12(7-10-16)15(4)13(17)14-3;1-2/h11-12H,5-10H2,1-4H3,(H,14,17);1-2H3. The van der Waals surface area contributed by atoms with E-state index in [9.17, 15) is 4.79 Å². The van der Waals surface area contributed by atoms with Crippen LogP contribution in [-0.2, 0) is 0 Å². The molecule has 4 nitrogen and oxygen atoms in total. The highest BCUT2D eigenvalue weighted by molar-refractivity contribution is 5.73. The second-order valence-electron chi connectivity index (χ2n) is 5.42. The van der Waals surface area contributed by atoms with Crippen molar-refractivity contribution in [3.8, 4) is 0 Å². The molecule has 2 amide bonds. The number of carbonyl (C=O) groups is 1. The van der Waals surface area contributed by atoms with Crippen molar-refractivity contribution in [2.45, 2.75) is 53.0 Å². The molecule has 19 heavy (non-hydrogen) atoms. The fourth-order valence-corrected chi connectivity index (χ4v) is 2.31. The molecule has 0 saturated carbocycles. The van der Waals surface area contributed by atoms with Crippen LogP contribution in [0, 0.1) is 5.92 Å². The molecule has 1 saturated heterocycles. The minimum Gasteiger partial charge on any atom is -0.341 e. The van der Waals surface area contributed by atoms with Gasteiger partial charge in [0.2, 0.25) is 0 Å². The molecular weight excluding hydrogens is 238 g/mol. The van der Waals surface area contributed by atoms with Gasteiger partial charge in [-0.1, -0.05) is 27.7 Å². The van der Waals surface area contributed by atoms with Crippen molar-refractivity contribution >= 4 is 6.03 Å². The molecule has 0 bridgehead atoms. The third-order valence-corrected chi connectivity index (χ3v) is 3.66. The summed E-state index contributed by atoms with van der Waals surface area (Å²) < 4.78 is 0. The van der Waals surface area contributed by atoms with E-state index in [-0.39, 0.29) is 6.03 Å². The summed E-state index contributed by atoms with van der Waals surface area (Å²) in [7, 11) is 3.59. The van der Waals surface area contributed by atoms with E-state index in [4.69, 9.17) is 0 Å². The van der Waals surface area contributed by atoms with Crippen LogP contribution in [0.4, 0.5) is 4.79 Å². The maximum Gasteiger partial charge on any atom is 0.317 e. The second kappa shape index (κ2) is 10.1. The number of nitrogens with one attached hydrogen (secondary N) is 1. The summed E-state index contributed by atoms with van der Waals surface area (Å²) in [6.45, 7) is 12.0. The van der Waals surface area contributed by atoms with Gasteiger partial charge in [0, 0.05) is 33.2 Å². The zero-order valence-corrected chi connectivity index (χ0v) is 13.7. The number of rotatable bonds is 4. The third-order valence-electron chi connectivity index (χ3n) is 3.66. The lowest BCUT2D eigenvalue weighted by atomic mass is 10.0. The molecule has 1 aliphatic rings. The van der Waals surface area contributed by atoms with Crippen LogP contribution < -0.4 is 5.32 Å². The zero-order valence-electron chi connectivity index (χ0n) is 13.7. The van der Waals surface area contributed by atoms with Gasteiger partial charge >= 0.3 is 6.03 Å². The molecule has 0 aromatic heterocycles. The van der Waals surface area contributed by atoms with E-state index in [1.54, 1.807) is 7.05 Å². The van der Waals surface area contributed by atoms with Crippen LogP contribution in [0.15, 0.2) is 0 Å². The van der Waals surface area contributed by atoms with Gasteiger partial charge in [-0.25, -0.2) is 4.79 Å². The number of nitrogens with zero attached hydrogens (tertiary/aromatic N) is 2. The predicted molar refractivity (Wildman–Crippen MR) is 82.5 cm³/mol. The van der Waals surface area contributed by atoms with Crippen molar-refractivity contribution in [2.24, 2.45) is 5.92 Å². The number of urea groups is 1. The van der Waals surface area contributed by atoms with E-state index in [1.807, 2.05) is 25.8 Å². The SMILES string of the molecule is CC.CNC(=O)N(C)C1CCN(CCC(C)C)CC1. The molecule has 0 aromatic rings. The van der Waals surface area contributed by atoms with Crippen molar-refractivity contribution in [3.63, 3.8) is 0 Å². The van der Waals surface area contributed by atoms with Gasteiger partial charge in [0.1, 0.15) is 0 Å². The lowest BCUT2D eigenvalue weighted by Crippen LogP contribution is -2.48. The average Bonchev–Trinajstić information content (AvgIpc) is 2.46. The topological polar surface area (TPSA) is 35.6 Å². The van der Waals surface area contributed by atoms with Crippen molar-refractivity contribution < 1.29 is 4.79 Å². The Morgan fingerprint density at radius 2 is 1.84 bits per heavy atom. The summed E-state index contributed by atoms with van der Waals surface area (Å²) in [6.07, 6.45) is 3.47. The zero-order chi connectivity index (χ0) is 14.8. The summed E-state index contributed by atoms with van der Waals surface area (Å²) in [5, 5.41) is 2.69. The molecule has 4 heteroatoms. The molecule has 0 spiro atoms. The number of piperidine rings is 1. The van der Waals surface area contributed by atoms with Gasteiger partial charge in [-0.15, -0.1) is 0 Å². The molecule has 1 rings (SSSR count). The van der Waals surface area contributed by atoms with Crippen LogP contribution in [0.2, 0.25) is 0 Å². The summed E-state index contributed by atoms with van der Waals surface area (Å²) in [4.78, 5) is 15.9. The Hall–Kier alpha value is -0.770. The molecule has 0 unspecified atom stereocenters. The third kappa shape index (κ3) is 6.81. The molecule has 0 radical (unpaired) electrons. The maximum atomic E-state index is 11.5. The average molecular weight is 271 g/mol. The molecule has 1 aliphatic heterocycles. The predicted octanol–water partition coefficient (Wildman–Crippen LogP) is 2.79. The Bertz CT molecular complexity index is 236. The van der Waals surface area contributed by atoms with Crippen LogP contribution in [0.25, 0.3) is 0 Å². The summed E-state index contributed by atoms with van der Waals surface area (Å²) in [5.74, 6) is 0.779. The number of hydrogen-bond acceptors (Lipinski definition) is 2. The normalized spacial score (nSPS) is 16.8. The van der Waals surface area contributed by atoms with E-state index in [1.165, 1.54) is 13.0 Å². The Morgan fingerprint density at radius 1 is 1.32 bits per heavy atom. The summed E-state index contributed by atoms with van der Waals surface area (Å²) >= 11 is 0. The highest BCUT2D eigenvalue weighted by atomic mass is 16.2. The first-order chi connectivity index (χ1) is 9.04. The summed E-state index contributed by atoms with van der Waals surface area (Å²) in [6, 6.07) is 0.441. The summed E-state index contributed by atoms with van der Waals surface area (Å²) in [5.41, 5.74) is 0. The van der Waals surface area contributed by atoms with Crippen molar-refractivity contribution in [3.05, 3.63) is 0 Å². The van der Waals surface area contributed by atoms with Gasteiger partial charge in [0.25, 0.3) is 0 Å². The van der Waals surface area contributed by atoms with Crippen LogP contribution in [0.5, 0.6) is 0 Å². The first-order valence-electron chi connectivity index (χ1n) is 7.71. The molecule has 0 aliphatic carbocycles. The van der Waals surface area contributed by atoms with Gasteiger partial charge in [-0.2, -0.15) is 0 Å². The van der Waals surface area contributed by atoms with Gasteiger partial charge < -0.3 is 15.1 Å². The molecule has 1 N–H and O–H groups in total. The highest BCUT2D eigenvalue weighted by Crippen LogP contribution is 2.16. The fourth-order valence-electron chi connectivity index (χ4n) is 2.31. The van der Waals surface area contributed by atoms with Gasteiger partial charge in [-0.05, 0) is 31.7 Å². The van der Waals surface area contributed by atoms with E-state index >= 15 is 0 Å². The van der Waals surface area contributed by atoms with E-state index in [2.05, 4.69) is 24.1 Å². The van der Waals surface area contributed by atoms with Crippen molar-refractivity contribution in [1.29, 1.82) is 0 Å². The van der Waals surface area contributed by atoms with Crippen LogP contribution >= 0.6 is 0 Å². The number of hydrogen-bond donors (Lipinski definition) is 1. The van der Waals surface area contributed by atoms with Gasteiger partial charge in [0.15, 0.2) is 0 Å². The molecular formula is C15H33N3O. The fraction of sp³-hybridized carbons (Fsp3) is 0.933. The Kier molecular flexibility index (Phi) is 9.66. The van der Waals surface area contributed by atoms with E-state index in [0.717, 1.165) is 31.8 Å². The first kappa shape index (κ1) is 18.2. The Balaban J connectivity index is 0.00000154. The van der Waals surface area contributed by atoms with Gasteiger partial charge in [0.05, 0.1) is 0 Å². The largest absolute Gasteiger partial charge is 0.341 e. The lowest BCUT2D eigenvalue weighted by molar-refractivity contribution is 0.133. The van der Waals surface area contributed by atoms with Crippen LogP contribution in [-0.4, -0.2) is 55.6 Å². The van der Waals surface area contributed by atoms with Crippen LogP contribution in [0.1, 0.15) is 47.0 Å². The number of likely N-dealkylation sites (tertiary alicyclic amines) is 1. The molecule has 114 valence electrons. The van der Waals surface area contributed by atoms with Crippen molar-refractivity contribution in [1.82, 2.24) is 15.1 Å². The molecule has 0 aromatic carbocycles. The lowest BCUT2D eigenvalue weighted by Gasteiger charge is -2.36. The minimum absolute atomic E-state index is 0.0330.